The van der Waals surface area contributed by atoms with Gasteiger partial charge in [-0.1, -0.05) is 0 Å². The van der Waals surface area contributed by atoms with Gasteiger partial charge in [0.05, 0.1) is 11.0 Å². The van der Waals surface area contributed by atoms with Crippen molar-refractivity contribution in [1.29, 1.82) is 0 Å². The summed E-state index contributed by atoms with van der Waals surface area (Å²) in [6, 6.07) is 3.94. The second kappa shape index (κ2) is 3.96. The van der Waals surface area contributed by atoms with E-state index in [2.05, 4.69) is 20.9 Å². The molecule has 0 fully saturated rings. The summed E-state index contributed by atoms with van der Waals surface area (Å²) in [7, 11) is 0. The maximum Gasteiger partial charge on any atom is 0.231 e. The third kappa shape index (κ3) is 1.84. The summed E-state index contributed by atoms with van der Waals surface area (Å²) in [6.07, 6.45) is 3.52. The van der Waals surface area contributed by atoms with Crippen LogP contribution in [-0.4, -0.2) is 16.3 Å². The van der Waals surface area contributed by atoms with Crippen molar-refractivity contribution in [3.8, 4) is 11.5 Å². The zero-order valence-corrected chi connectivity index (χ0v) is 10.5. The van der Waals surface area contributed by atoms with E-state index in [-0.39, 0.29) is 6.79 Å². The molecule has 0 atom stereocenters. The van der Waals surface area contributed by atoms with Crippen LogP contribution in [0.3, 0.4) is 0 Å². The minimum absolute atomic E-state index is 0.268. The highest BCUT2D eigenvalue weighted by atomic mass is 79.9. The van der Waals surface area contributed by atoms with Gasteiger partial charge in [0.25, 0.3) is 0 Å². The van der Waals surface area contributed by atoms with Gasteiger partial charge in [-0.3, -0.25) is 0 Å². The highest BCUT2D eigenvalue weighted by molar-refractivity contribution is 9.10. The molecule has 88 valence electrons. The van der Waals surface area contributed by atoms with Crippen LogP contribution in [0.1, 0.15) is 5.56 Å². The fourth-order valence-corrected chi connectivity index (χ4v) is 2.39. The smallest absolute Gasteiger partial charge is 0.231 e. The zero-order valence-electron chi connectivity index (χ0n) is 8.89. The Morgan fingerprint density at radius 3 is 3.06 bits per heavy atom. The summed E-state index contributed by atoms with van der Waals surface area (Å²) in [5, 5.41) is 0. The van der Waals surface area contributed by atoms with Gasteiger partial charge in [-0.15, -0.1) is 0 Å². The maximum absolute atomic E-state index is 5.72. The normalized spacial score (nSPS) is 13.0. The van der Waals surface area contributed by atoms with Gasteiger partial charge in [0.1, 0.15) is 0 Å². The molecule has 2 N–H and O–H groups in total. The molecule has 1 aliphatic rings. The van der Waals surface area contributed by atoms with Crippen molar-refractivity contribution in [3.63, 3.8) is 0 Å². The molecule has 3 rings (SSSR count). The molecule has 1 aliphatic heterocycles. The van der Waals surface area contributed by atoms with Crippen LogP contribution in [0.4, 0.5) is 5.95 Å². The number of aromatic nitrogens is 2. The van der Waals surface area contributed by atoms with Crippen molar-refractivity contribution in [2.45, 2.75) is 6.54 Å². The Labute approximate surface area is 106 Å². The monoisotopic (exact) mass is 295 g/mol. The number of halogens is 1. The molecule has 1 aromatic carbocycles. The summed E-state index contributed by atoms with van der Waals surface area (Å²) in [4.78, 5) is 3.98. The van der Waals surface area contributed by atoms with Crippen molar-refractivity contribution in [2.24, 2.45) is 0 Å². The first-order valence-corrected chi connectivity index (χ1v) is 5.88. The van der Waals surface area contributed by atoms with Crippen LogP contribution in [0.2, 0.25) is 0 Å². The average Bonchev–Trinajstić information content (AvgIpc) is 2.89. The molecule has 0 unspecified atom stereocenters. The lowest BCUT2D eigenvalue weighted by atomic mass is 10.2. The van der Waals surface area contributed by atoms with Crippen LogP contribution in [0, 0.1) is 0 Å². The number of rotatable bonds is 2. The number of benzene rings is 1. The van der Waals surface area contributed by atoms with Crippen LogP contribution in [0.25, 0.3) is 0 Å². The number of nitrogens with two attached hydrogens (primary N) is 1. The number of hydrogen-bond acceptors (Lipinski definition) is 4. The summed E-state index contributed by atoms with van der Waals surface area (Å²) in [5.74, 6) is 2.01. The Morgan fingerprint density at radius 2 is 2.29 bits per heavy atom. The third-order valence-corrected chi connectivity index (χ3v) is 3.18. The molecular weight excluding hydrogens is 286 g/mol. The van der Waals surface area contributed by atoms with Gasteiger partial charge < -0.3 is 19.8 Å². The van der Waals surface area contributed by atoms with Gasteiger partial charge in [0, 0.05) is 12.4 Å². The number of imidazole rings is 1. The fourth-order valence-electron chi connectivity index (χ4n) is 1.78. The second-order valence-corrected chi connectivity index (χ2v) is 4.58. The molecule has 0 amide bonds. The molecule has 0 saturated heterocycles. The number of ether oxygens (including phenoxy) is 2. The largest absolute Gasteiger partial charge is 0.454 e. The average molecular weight is 296 g/mol. The lowest BCUT2D eigenvalue weighted by Gasteiger charge is -2.07. The van der Waals surface area contributed by atoms with E-state index in [1.54, 1.807) is 6.20 Å². The Hall–Kier alpha value is -1.69. The number of hydrogen-bond donors (Lipinski definition) is 1. The van der Waals surface area contributed by atoms with Gasteiger partial charge in [0.15, 0.2) is 17.4 Å². The third-order valence-electron chi connectivity index (χ3n) is 2.59. The lowest BCUT2D eigenvalue weighted by Crippen LogP contribution is -2.03. The second-order valence-electron chi connectivity index (χ2n) is 3.72. The molecule has 17 heavy (non-hydrogen) atoms. The SMILES string of the molecule is Nc1nccn1Cc1cc(Br)c2c(c1)OCO2. The maximum atomic E-state index is 5.72. The predicted molar refractivity (Wildman–Crippen MR) is 66.0 cm³/mol. The van der Waals surface area contributed by atoms with Crippen LogP contribution in [-0.2, 0) is 6.54 Å². The highest BCUT2D eigenvalue weighted by Crippen LogP contribution is 2.40. The minimum atomic E-state index is 0.268. The quantitative estimate of drug-likeness (QED) is 0.920. The van der Waals surface area contributed by atoms with Crippen LogP contribution >= 0.6 is 15.9 Å². The molecule has 0 saturated carbocycles. The zero-order chi connectivity index (χ0) is 11.8. The van der Waals surface area contributed by atoms with Crippen LogP contribution < -0.4 is 15.2 Å². The Morgan fingerprint density at radius 1 is 1.41 bits per heavy atom. The summed E-state index contributed by atoms with van der Waals surface area (Å²) in [6.45, 7) is 0.922. The molecule has 2 aromatic rings. The van der Waals surface area contributed by atoms with Gasteiger partial charge in [-0.25, -0.2) is 4.98 Å². The van der Waals surface area contributed by atoms with Gasteiger partial charge >= 0.3 is 0 Å². The predicted octanol–water partition coefficient (Wildman–Crippen LogP) is 2.00. The van der Waals surface area contributed by atoms with E-state index in [0.29, 0.717) is 12.5 Å². The minimum Gasteiger partial charge on any atom is -0.454 e. The number of nitrogens with zero attached hydrogens (tertiary/aromatic N) is 2. The molecule has 0 bridgehead atoms. The summed E-state index contributed by atoms with van der Waals surface area (Å²) in [5.41, 5.74) is 6.80. The standard InChI is InChI=1S/C11H10BrN3O2/c12-8-3-7(4-9-10(8)17-6-16-9)5-15-2-1-14-11(15)13/h1-4H,5-6H2,(H2,13,14). The molecule has 5 nitrogen and oxygen atoms in total. The van der Waals surface area contributed by atoms with Crippen LogP contribution in [0.15, 0.2) is 29.0 Å². The molecule has 0 spiro atoms. The topological polar surface area (TPSA) is 62.3 Å². The van der Waals surface area contributed by atoms with E-state index in [9.17, 15) is 0 Å². The van der Waals surface area contributed by atoms with Crippen molar-refractivity contribution in [3.05, 3.63) is 34.6 Å². The first kappa shape index (κ1) is 10.5. The lowest BCUT2D eigenvalue weighted by molar-refractivity contribution is 0.173. The summed E-state index contributed by atoms with van der Waals surface area (Å²) < 4.78 is 13.4. The van der Waals surface area contributed by atoms with E-state index < -0.39 is 0 Å². The molecular formula is C11H10BrN3O2. The molecule has 6 heteroatoms. The van der Waals surface area contributed by atoms with Crippen molar-refractivity contribution >= 4 is 21.9 Å². The van der Waals surface area contributed by atoms with Gasteiger partial charge in [-0.2, -0.15) is 0 Å². The molecule has 2 heterocycles. The van der Waals surface area contributed by atoms with E-state index >= 15 is 0 Å². The van der Waals surface area contributed by atoms with Crippen LogP contribution in [0.5, 0.6) is 11.5 Å². The summed E-state index contributed by atoms with van der Waals surface area (Å²) >= 11 is 3.46. The molecule has 0 radical (unpaired) electrons. The first-order chi connectivity index (χ1) is 8.24. The van der Waals surface area contributed by atoms with Crippen molar-refractivity contribution in [2.75, 3.05) is 12.5 Å². The van der Waals surface area contributed by atoms with Crippen molar-refractivity contribution in [1.82, 2.24) is 9.55 Å². The van der Waals surface area contributed by atoms with E-state index in [4.69, 9.17) is 15.2 Å². The Kier molecular flexibility index (Phi) is 2.44. The van der Waals surface area contributed by atoms with E-state index in [1.807, 2.05) is 22.9 Å². The van der Waals surface area contributed by atoms with Crippen molar-refractivity contribution < 1.29 is 9.47 Å². The van der Waals surface area contributed by atoms with E-state index in [1.165, 1.54) is 0 Å². The highest BCUT2D eigenvalue weighted by Gasteiger charge is 2.18. The fraction of sp³-hybridized carbons (Fsp3) is 0.182. The van der Waals surface area contributed by atoms with E-state index in [0.717, 1.165) is 21.5 Å². The number of anilines is 1. The number of fused-ring (bicyclic) bond motifs is 1. The molecule has 0 aliphatic carbocycles. The van der Waals surface area contributed by atoms with Gasteiger partial charge in [-0.05, 0) is 33.6 Å². The first-order valence-electron chi connectivity index (χ1n) is 5.08. The van der Waals surface area contributed by atoms with Gasteiger partial charge in [0.2, 0.25) is 6.79 Å². The Balaban J connectivity index is 1.94. The number of nitrogen functional groups attached to an aromatic ring is 1. The Bertz CT molecular complexity index is 568. The molecule has 1 aromatic heterocycles.